The Morgan fingerprint density at radius 2 is 1.62 bits per heavy atom. The van der Waals surface area contributed by atoms with Gasteiger partial charge in [-0.1, -0.05) is 62.4 Å². The van der Waals surface area contributed by atoms with Crippen LogP contribution < -0.4 is 5.32 Å². The van der Waals surface area contributed by atoms with Crippen LogP contribution in [0.5, 0.6) is 0 Å². The average molecular weight is 434 g/mol. The van der Waals surface area contributed by atoms with Crippen LogP contribution in [-0.4, -0.2) is 41.3 Å². The van der Waals surface area contributed by atoms with Gasteiger partial charge in [0.05, 0.1) is 0 Å². The molecule has 5 nitrogen and oxygen atoms in total. The lowest BCUT2D eigenvalue weighted by atomic mass is 9.91. The maximum atomic E-state index is 12.6. The number of nitrogens with one attached hydrogen (secondary N) is 2. The van der Waals surface area contributed by atoms with Crippen LogP contribution in [0, 0.1) is 0 Å². The third-order valence-electron chi connectivity index (χ3n) is 5.84. The Balaban J connectivity index is 1.59. The fourth-order valence-electron chi connectivity index (χ4n) is 4.24. The number of carbonyl (C=O) groups is 2. The fraction of sp³-hybridized carbons (Fsp3) is 0.407. The molecule has 1 heterocycles. The van der Waals surface area contributed by atoms with E-state index in [0.717, 1.165) is 31.4 Å². The smallest absolute Gasteiger partial charge is 0.222 e. The highest BCUT2D eigenvalue weighted by molar-refractivity contribution is 5.84. The lowest BCUT2D eigenvalue weighted by Crippen LogP contribution is -2.33. The van der Waals surface area contributed by atoms with Crippen molar-refractivity contribution in [3.63, 3.8) is 0 Å². The third kappa shape index (κ3) is 6.22. The Morgan fingerprint density at radius 1 is 0.938 bits per heavy atom. The molecule has 0 spiro atoms. The summed E-state index contributed by atoms with van der Waals surface area (Å²) in [4.78, 5) is 30.3. The van der Waals surface area contributed by atoms with Crippen molar-refractivity contribution >= 4 is 22.7 Å². The van der Waals surface area contributed by atoms with E-state index < -0.39 is 0 Å². The normalized spacial score (nSPS) is 11.9. The number of nitrogens with zero attached hydrogens (tertiary/aromatic N) is 1. The summed E-state index contributed by atoms with van der Waals surface area (Å²) in [7, 11) is 0. The molecule has 3 aromatic rings. The van der Waals surface area contributed by atoms with Crippen molar-refractivity contribution in [2.75, 3.05) is 19.6 Å². The number of benzene rings is 2. The van der Waals surface area contributed by atoms with Crippen molar-refractivity contribution in [1.29, 1.82) is 0 Å². The minimum absolute atomic E-state index is 0.00361. The van der Waals surface area contributed by atoms with E-state index in [0.29, 0.717) is 25.8 Å². The van der Waals surface area contributed by atoms with Gasteiger partial charge in [-0.2, -0.15) is 0 Å². The summed E-state index contributed by atoms with van der Waals surface area (Å²) in [6.07, 6.45) is 5.34. The molecule has 2 N–H and O–H groups in total. The van der Waals surface area contributed by atoms with E-state index in [-0.39, 0.29) is 17.7 Å². The largest absolute Gasteiger partial charge is 0.361 e. The molecule has 3 rings (SSSR count). The fourth-order valence-corrected chi connectivity index (χ4v) is 4.24. The average Bonchev–Trinajstić information content (AvgIpc) is 3.24. The highest BCUT2D eigenvalue weighted by Gasteiger charge is 2.19. The Labute approximate surface area is 191 Å². The summed E-state index contributed by atoms with van der Waals surface area (Å²) in [6.45, 7) is 6.28. The zero-order valence-corrected chi connectivity index (χ0v) is 19.3. The number of hydrogen-bond acceptors (Lipinski definition) is 2. The first-order chi connectivity index (χ1) is 15.6. The van der Waals surface area contributed by atoms with E-state index in [9.17, 15) is 9.59 Å². The minimum Gasteiger partial charge on any atom is -0.361 e. The number of hydrogen-bond donors (Lipinski definition) is 2. The van der Waals surface area contributed by atoms with Gasteiger partial charge in [-0.25, -0.2) is 0 Å². The molecule has 1 aromatic heterocycles. The summed E-state index contributed by atoms with van der Waals surface area (Å²) in [5, 5.41) is 4.28. The Kier molecular flexibility index (Phi) is 8.90. The SMILES string of the molecule is CCCN(CCC)C(=O)CCCC(=O)NCC(c1ccccc1)c1c[nH]c2ccccc12. The number of aromatic amines is 1. The Bertz CT molecular complexity index is 990. The van der Waals surface area contributed by atoms with Crippen LogP contribution in [0.1, 0.15) is 63.0 Å². The zero-order valence-electron chi connectivity index (χ0n) is 19.3. The molecule has 1 atom stereocenters. The van der Waals surface area contributed by atoms with E-state index in [4.69, 9.17) is 0 Å². The van der Waals surface area contributed by atoms with E-state index >= 15 is 0 Å². The predicted molar refractivity (Wildman–Crippen MR) is 131 cm³/mol. The first-order valence-electron chi connectivity index (χ1n) is 11.8. The molecule has 170 valence electrons. The van der Waals surface area contributed by atoms with Crippen LogP contribution in [-0.2, 0) is 9.59 Å². The van der Waals surface area contributed by atoms with Gasteiger partial charge in [-0.15, -0.1) is 0 Å². The lowest BCUT2D eigenvalue weighted by Gasteiger charge is -2.21. The topological polar surface area (TPSA) is 65.2 Å². The predicted octanol–water partition coefficient (Wildman–Crippen LogP) is 5.23. The van der Waals surface area contributed by atoms with E-state index in [2.05, 4.69) is 48.4 Å². The summed E-state index contributed by atoms with van der Waals surface area (Å²) in [5.41, 5.74) is 3.44. The van der Waals surface area contributed by atoms with Gasteiger partial charge in [0.1, 0.15) is 0 Å². The first-order valence-corrected chi connectivity index (χ1v) is 11.8. The summed E-state index contributed by atoms with van der Waals surface area (Å²) < 4.78 is 0. The van der Waals surface area contributed by atoms with Crippen molar-refractivity contribution in [1.82, 2.24) is 15.2 Å². The molecule has 1 unspecified atom stereocenters. The van der Waals surface area contributed by atoms with Gasteiger partial charge in [0, 0.05) is 55.5 Å². The molecule has 0 aliphatic carbocycles. The van der Waals surface area contributed by atoms with E-state index in [1.807, 2.05) is 41.4 Å². The van der Waals surface area contributed by atoms with Crippen molar-refractivity contribution in [3.05, 3.63) is 71.9 Å². The maximum Gasteiger partial charge on any atom is 0.222 e. The van der Waals surface area contributed by atoms with Crippen LogP contribution in [0.3, 0.4) is 0 Å². The quantitative estimate of drug-likeness (QED) is 0.410. The number of carbonyl (C=O) groups excluding carboxylic acids is 2. The molecule has 0 aliphatic heterocycles. The molecule has 0 saturated heterocycles. The second-order valence-corrected chi connectivity index (χ2v) is 8.29. The second-order valence-electron chi connectivity index (χ2n) is 8.29. The van der Waals surface area contributed by atoms with Crippen LogP contribution in [0.4, 0.5) is 0 Å². The number of para-hydroxylation sites is 1. The summed E-state index contributed by atoms with van der Waals surface area (Å²) in [5.74, 6) is 0.209. The number of aromatic nitrogens is 1. The van der Waals surface area contributed by atoms with Gasteiger partial charge in [0.2, 0.25) is 11.8 Å². The molecular formula is C27H35N3O2. The standard InChI is InChI=1S/C27H35N3O2/c1-3-17-30(18-4-2)27(32)16-10-15-26(31)29-19-23(21-11-6-5-7-12-21)24-20-28-25-14-9-8-13-22(24)25/h5-9,11-14,20,23,28H,3-4,10,15-19H2,1-2H3,(H,29,31). The zero-order chi connectivity index (χ0) is 22.8. The first kappa shape index (κ1) is 23.6. The van der Waals surface area contributed by atoms with Crippen molar-refractivity contribution in [2.45, 2.75) is 51.9 Å². The summed E-state index contributed by atoms with van der Waals surface area (Å²) >= 11 is 0. The van der Waals surface area contributed by atoms with Gasteiger partial charge in [0.15, 0.2) is 0 Å². The van der Waals surface area contributed by atoms with Gasteiger partial charge in [-0.3, -0.25) is 9.59 Å². The third-order valence-corrected chi connectivity index (χ3v) is 5.84. The van der Waals surface area contributed by atoms with Crippen LogP contribution in [0.15, 0.2) is 60.8 Å². The number of amides is 2. The van der Waals surface area contributed by atoms with Gasteiger partial charge in [-0.05, 0) is 36.5 Å². The molecule has 2 aromatic carbocycles. The second kappa shape index (κ2) is 12.1. The van der Waals surface area contributed by atoms with Gasteiger partial charge < -0.3 is 15.2 Å². The van der Waals surface area contributed by atoms with Crippen LogP contribution >= 0.6 is 0 Å². The van der Waals surface area contributed by atoms with Crippen LogP contribution in [0.25, 0.3) is 10.9 Å². The number of fused-ring (bicyclic) bond motifs is 1. The highest BCUT2D eigenvalue weighted by Crippen LogP contribution is 2.30. The number of H-pyrrole nitrogens is 1. The molecule has 32 heavy (non-hydrogen) atoms. The maximum absolute atomic E-state index is 12.6. The molecule has 0 aliphatic rings. The van der Waals surface area contributed by atoms with E-state index in [1.165, 1.54) is 16.5 Å². The molecule has 0 bridgehead atoms. The Morgan fingerprint density at radius 3 is 2.34 bits per heavy atom. The highest BCUT2D eigenvalue weighted by atomic mass is 16.2. The van der Waals surface area contributed by atoms with Gasteiger partial charge >= 0.3 is 0 Å². The van der Waals surface area contributed by atoms with Crippen molar-refractivity contribution < 1.29 is 9.59 Å². The van der Waals surface area contributed by atoms with Gasteiger partial charge in [0.25, 0.3) is 0 Å². The van der Waals surface area contributed by atoms with Crippen molar-refractivity contribution in [3.8, 4) is 0 Å². The van der Waals surface area contributed by atoms with Crippen molar-refractivity contribution in [2.24, 2.45) is 0 Å². The molecule has 0 radical (unpaired) electrons. The molecular weight excluding hydrogens is 398 g/mol. The molecule has 0 saturated carbocycles. The number of rotatable bonds is 12. The summed E-state index contributed by atoms with van der Waals surface area (Å²) in [6, 6.07) is 18.5. The molecule has 0 fully saturated rings. The molecule has 2 amide bonds. The van der Waals surface area contributed by atoms with E-state index in [1.54, 1.807) is 0 Å². The Hall–Kier alpha value is -3.08. The minimum atomic E-state index is -0.00361. The molecule has 5 heteroatoms. The van der Waals surface area contributed by atoms with Crippen LogP contribution in [0.2, 0.25) is 0 Å². The lowest BCUT2D eigenvalue weighted by molar-refractivity contribution is -0.131. The monoisotopic (exact) mass is 433 g/mol.